The van der Waals surface area contributed by atoms with Gasteiger partial charge in [-0.2, -0.15) is 0 Å². The van der Waals surface area contributed by atoms with Crippen molar-refractivity contribution >= 4 is 25.4 Å². The van der Waals surface area contributed by atoms with Crippen LogP contribution in [-0.2, 0) is 27.9 Å². The van der Waals surface area contributed by atoms with Crippen molar-refractivity contribution in [3.05, 3.63) is 63.4 Å². The predicted molar refractivity (Wildman–Crippen MR) is 128 cm³/mol. The van der Waals surface area contributed by atoms with E-state index in [1.54, 1.807) is 32.0 Å². The molecule has 0 bridgehead atoms. The third-order valence-corrected chi connectivity index (χ3v) is 7.03. The number of nitrogens with one attached hydrogen (secondary N) is 1. The van der Waals surface area contributed by atoms with Crippen molar-refractivity contribution in [3.63, 3.8) is 0 Å². The zero-order chi connectivity index (χ0) is 26.7. The highest BCUT2D eigenvalue weighted by Gasteiger charge is 2.54. The van der Waals surface area contributed by atoms with Crippen molar-refractivity contribution < 1.29 is 37.5 Å². The van der Waals surface area contributed by atoms with Crippen LogP contribution in [0.25, 0.3) is 0 Å². The number of carbonyl (C=O) groups excluding carboxylic acids is 1. The molecule has 12 nitrogen and oxygen atoms in total. The fourth-order valence-corrected chi connectivity index (χ4v) is 5.02. The molecule has 1 aromatic carbocycles. The molecule has 0 radical (unpaired) electrons. The summed E-state index contributed by atoms with van der Waals surface area (Å²) in [6.07, 6.45) is -4.38. The maximum atomic E-state index is 13.5. The van der Waals surface area contributed by atoms with Crippen molar-refractivity contribution in [2.75, 3.05) is 6.61 Å². The molecule has 198 valence electrons. The number of aliphatic hydroxyl groups excluding tert-OH is 1. The highest BCUT2D eigenvalue weighted by molar-refractivity contribution is 7.49. The Morgan fingerprint density at radius 2 is 1.92 bits per heavy atom. The van der Waals surface area contributed by atoms with Crippen LogP contribution >= 0.6 is 19.4 Å². The summed E-state index contributed by atoms with van der Waals surface area (Å²) in [6, 6.07) is 9.08. The van der Waals surface area contributed by atoms with Gasteiger partial charge in [-0.15, -0.1) is 11.6 Å². The fourth-order valence-electron chi connectivity index (χ4n) is 3.38. The van der Waals surface area contributed by atoms with Crippen LogP contribution in [-0.4, -0.2) is 56.5 Å². The van der Waals surface area contributed by atoms with Gasteiger partial charge < -0.3 is 19.1 Å². The summed E-state index contributed by atoms with van der Waals surface area (Å²) in [7, 11) is -4.47. The van der Waals surface area contributed by atoms with Gasteiger partial charge in [0.2, 0.25) is 0 Å². The molecule has 1 aliphatic heterocycles. The Balaban J connectivity index is 1.80. The number of ether oxygens (including phenoxy) is 2. The second-order valence-electron chi connectivity index (χ2n) is 8.52. The number of phosphoric acid groups is 1. The number of hydrogen-bond acceptors (Lipinski definition) is 10. The van der Waals surface area contributed by atoms with Gasteiger partial charge in [-0.05, 0) is 39.8 Å². The van der Waals surface area contributed by atoms with Crippen molar-refractivity contribution in [3.8, 4) is 5.75 Å². The molecule has 2 N–H and O–H groups in total. The van der Waals surface area contributed by atoms with E-state index in [2.05, 4.69) is 4.98 Å². The SMILES string of the molecule is CC(C)OC(=O)C(C)OP(=O)(OCC1OC(n2ccc(=O)[nH]c2=O)C(C)(Cl)C1O)Oc1ccccc1. The molecule has 0 amide bonds. The number of carbonyl (C=O) groups is 1. The monoisotopic (exact) mass is 546 g/mol. The van der Waals surface area contributed by atoms with E-state index in [-0.39, 0.29) is 5.75 Å². The lowest BCUT2D eigenvalue weighted by Gasteiger charge is -2.26. The molecule has 1 saturated heterocycles. The number of hydrogen-bond donors (Lipinski definition) is 2. The molecular formula is C22H28ClN2O10P. The number of aromatic amines is 1. The first-order valence-electron chi connectivity index (χ1n) is 11.0. The molecule has 3 rings (SSSR count). The molecule has 1 aliphatic rings. The summed E-state index contributed by atoms with van der Waals surface area (Å²) in [4.78, 5) is 36.4. The number of rotatable bonds is 10. The van der Waals surface area contributed by atoms with Crippen LogP contribution in [0.1, 0.15) is 33.9 Å². The van der Waals surface area contributed by atoms with Crippen molar-refractivity contribution in [1.82, 2.24) is 9.55 Å². The van der Waals surface area contributed by atoms with Gasteiger partial charge in [0.25, 0.3) is 5.56 Å². The summed E-state index contributed by atoms with van der Waals surface area (Å²) in [6.45, 7) is 5.50. The summed E-state index contributed by atoms with van der Waals surface area (Å²) in [5, 5.41) is 10.8. The molecule has 14 heteroatoms. The first-order valence-corrected chi connectivity index (χ1v) is 12.9. The first kappa shape index (κ1) is 28.1. The number of aliphatic hydroxyl groups is 1. The van der Waals surface area contributed by atoms with Crippen molar-refractivity contribution in [2.45, 2.75) is 63.2 Å². The topological polar surface area (TPSA) is 155 Å². The van der Waals surface area contributed by atoms with E-state index in [0.29, 0.717) is 0 Å². The Labute approximate surface area is 211 Å². The van der Waals surface area contributed by atoms with Gasteiger partial charge in [-0.25, -0.2) is 14.2 Å². The number of alkyl halides is 1. The van der Waals surface area contributed by atoms with E-state index < -0.39 is 67.2 Å². The van der Waals surface area contributed by atoms with Gasteiger partial charge in [0.1, 0.15) is 22.8 Å². The molecule has 0 aliphatic carbocycles. The van der Waals surface area contributed by atoms with E-state index in [9.17, 15) is 24.1 Å². The van der Waals surface area contributed by atoms with E-state index >= 15 is 0 Å². The molecule has 2 heterocycles. The highest BCUT2D eigenvalue weighted by Crippen LogP contribution is 2.52. The summed E-state index contributed by atoms with van der Waals surface area (Å²) < 4.78 is 41.6. The molecule has 6 unspecified atom stereocenters. The van der Waals surface area contributed by atoms with Gasteiger partial charge in [-0.3, -0.25) is 23.4 Å². The van der Waals surface area contributed by atoms with Gasteiger partial charge in [0.05, 0.1) is 12.7 Å². The van der Waals surface area contributed by atoms with Crippen LogP contribution in [0, 0.1) is 0 Å². The quantitative estimate of drug-likeness (QED) is 0.258. The summed E-state index contributed by atoms with van der Waals surface area (Å²) in [5.41, 5.74) is -1.42. The predicted octanol–water partition coefficient (Wildman–Crippen LogP) is 2.35. The first-order chi connectivity index (χ1) is 16.8. The third kappa shape index (κ3) is 6.64. The molecule has 6 atom stereocenters. The molecule has 1 aromatic heterocycles. The van der Waals surface area contributed by atoms with Crippen LogP contribution < -0.4 is 15.8 Å². The lowest BCUT2D eigenvalue weighted by atomic mass is 10.0. The van der Waals surface area contributed by atoms with Crippen molar-refractivity contribution in [2.24, 2.45) is 0 Å². The van der Waals surface area contributed by atoms with Gasteiger partial charge in [0, 0.05) is 12.3 Å². The minimum Gasteiger partial charge on any atom is -0.461 e. The van der Waals surface area contributed by atoms with Gasteiger partial charge in [0.15, 0.2) is 12.3 Å². The average Bonchev–Trinajstić information content (AvgIpc) is 3.01. The fraction of sp³-hybridized carbons (Fsp3) is 0.500. The van der Waals surface area contributed by atoms with Crippen molar-refractivity contribution in [1.29, 1.82) is 0 Å². The molecule has 0 saturated carbocycles. The van der Waals surface area contributed by atoms with Crippen LogP contribution in [0.2, 0.25) is 0 Å². The number of benzene rings is 1. The number of H-pyrrole nitrogens is 1. The normalized spacial score (nSPS) is 26.4. The highest BCUT2D eigenvalue weighted by atomic mass is 35.5. The Kier molecular flexibility index (Phi) is 8.81. The van der Waals surface area contributed by atoms with Crippen LogP contribution in [0.4, 0.5) is 0 Å². The molecule has 36 heavy (non-hydrogen) atoms. The zero-order valence-electron chi connectivity index (χ0n) is 20.0. The maximum Gasteiger partial charge on any atom is 0.530 e. The van der Waals surface area contributed by atoms with E-state index in [1.165, 1.54) is 32.2 Å². The second-order valence-corrected chi connectivity index (χ2v) is 10.9. The minimum atomic E-state index is -4.47. The Hall–Kier alpha value is -2.47. The Bertz CT molecular complexity index is 1220. The van der Waals surface area contributed by atoms with E-state index in [1.807, 2.05) is 0 Å². The van der Waals surface area contributed by atoms with Gasteiger partial charge in [-0.1, -0.05) is 18.2 Å². The Morgan fingerprint density at radius 3 is 2.53 bits per heavy atom. The Morgan fingerprint density at radius 1 is 1.25 bits per heavy atom. The zero-order valence-corrected chi connectivity index (χ0v) is 21.7. The molecule has 2 aromatic rings. The van der Waals surface area contributed by atoms with E-state index in [4.69, 9.17) is 34.6 Å². The summed E-state index contributed by atoms with van der Waals surface area (Å²) in [5.74, 6) is -0.647. The number of nitrogens with zero attached hydrogens (tertiary/aromatic N) is 1. The largest absolute Gasteiger partial charge is 0.530 e. The lowest BCUT2D eigenvalue weighted by Crippen LogP contribution is -2.43. The van der Waals surface area contributed by atoms with E-state index in [0.717, 1.165) is 10.6 Å². The molecule has 1 fully saturated rings. The molecule has 0 spiro atoms. The summed E-state index contributed by atoms with van der Waals surface area (Å²) >= 11 is 6.50. The smallest absolute Gasteiger partial charge is 0.461 e. The number of halogens is 1. The molecular weight excluding hydrogens is 519 g/mol. The van der Waals surface area contributed by atoms with Crippen LogP contribution in [0.15, 0.2) is 52.2 Å². The average molecular weight is 547 g/mol. The lowest BCUT2D eigenvalue weighted by molar-refractivity contribution is -0.156. The van der Waals surface area contributed by atoms with Gasteiger partial charge >= 0.3 is 19.5 Å². The second kappa shape index (κ2) is 11.3. The number of aromatic nitrogens is 2. The number of esters is 1. The minimum absolute atomic E-state index is 0.137. The third-order valence-electron chi connectivity index (χ3n) is 5.15. The van der Waals surface area contributed by atoms with Crippen LogP contribution in [0.3, 0.4) is 0 Å². The standard InChI is InChI=1S/C22H28ClN2O10P/c1-13(2)32-19(28)14(3)34-36(30,35-15-8-6-5-7-9-15)31-12-16-18(27)22(4,23)20(33-16)25-11-10-17(26)24-21(25)29/h5-11,13-14,16,18,20,27H,12H2,1-4H3,(H,24,26,29). The number of para-hydroxylation sites is 1. The maximum absolute atomic E-state index is 13.5. The van der Waals surface area contributed by atoms with Crippen LogP contribution in [0.5, 0.6) is 5.75 Å². The number of phosphoric ester groups is 1.